The maximum Gasteiger partial charge on any atom is 0.259 e. The van der Waals surface area contributed by atoms with Crippen molar-refractivity contribution < 1.29 is 4.79 Å². The van der Waals surface area contributed by atoms with Gasteiger partial charge in [0.25, 0.3) is 5.56 Å². The molecule has 5 heteroatoms. The second-order valence-electron chi connectivity index (χ2n) is 4.94. The number of rotatable bonds is 3. The van der Waals surface area contributed by atoms with E-state index in [1.807, 2.05) is 18.2 Å². The predicted octanol–water partition coefficient (Wildman–Crippen LogP) is 4.26. The minimum atomic E-state index is -0.395. The molecule has 0 amide bonds. The molecule has 1 N–H and O–H groups in total. The lowest BCUT2D eigenvalue weighted by Crippen LogP contribution is -2.19. The van der Waals surface area contributed by atoms with E-state index in [0.717, 1.165) is 5.39 Å². The number of fused-ring (bicyclic) bond motifs is 1. The second-order valence-corrected chi connectivity index (χ2v) is 5.78. The van der Waals surface area contributed by atoms with E-state index in [0.29, 0.717) is 21.1 Å². The van der Waals surface area contributed by atoms with Crippen molar-refractivity contribution in [3.63, 3.8) is 0 Å². The van der Waals surface area contributed by atoms with Gasteiger partial charge in [-0.1, -0.05) is 47.5 Å². The molecule has 0 aliphatic heterocycles. The van der Waals surface area contributed by atoms with Crippen LogP contribution in [0.15, 0.2) is 53.3 Å². The fraction of sp³-hybridized carbons (Fsp3) is 0.0588. The lowest BCUT2D eigenvalue weighted by atomic mass is 10.0. The molecule has 22 heavy (non-hydrogen) atoms. The molecule has 110 valence electrons. The van der Waals surface area contributed by atoms with Crippen molar-refractivity contribution in [1.29, 1.82) is 0 Å². The van der Waals surface area contributed by atoms with Gasteiger partial charge in [0.05, 0.1) is 5.56 Å². The molecule has 0 radical (unpaired) electrons. The van der Waals surface area contributed by atoms with Crippen molar-refractivity contribution in [2.45, 2.75) is 6.42 Å². The summed E-state index contributed by atoms with van der Waals surface area (Å²) in [6, 6.07) is 13.9. The first-order chi connectivity index (χ1) is 10.5. The highest BCUT2D eigenvalue weighted by atomic mass is 35.5. The number of nitrogens with one attached hydrogen (secondary N) is 1. The number of para-hydroxylation sites is 1. The van der Waals surface area contributed by atoms with E-state index in [1.54, 1.807) is 30.3 Å². The number of benzene rings is 2. The van der Waals surface area contributed by atoms with Crippen LogP contribution in [0.2, 0.25) is 10.0 Å². The number of pyridine rings is 1. The van der Waals surface area contributed by atoms with E-state index in [4.69, 9.17) is 23.2 Å². The summed E-state index contributed by atoms with van der Waals surface area (Å²) in [5, 5.41) is 1.73. The monoisotopic (exact) mass is 331 g/mol. The topological polar surface area (TPSA) is 49.9 Å². The molecule has 0 bridgehead atoms. The Morgan fingerprint density at radius 3 is 2.59 bits per heavy atom. The Kier molecular flexibility index (Phi) is 4.01. The molecule has 1 heterocycles. The zero-order valence-electron chi connectivity index (χ0n) is 11.4. The van der Waals surface area contributed by atoms with Gasteiger partial charge < -0.3 is 4.98 Å². The van der Waals surface area contributed by atoms with E-state index in [2.05, 4.69) is 4.98 Å². The Morgan fingerprint density at radius 1 is 1.05 bits per heavy atom. The number of aromatic nitrogens is 1. The van der Waals surface area contributed by atoms with Crippen LogP contribution in [0.5, 0.6) is 0 Å². The van der Waals surface area contributed by atoms with Crippen molar-refractivity contribution in [2.75, 3.05) is 0 Å². The quantitative estimate of drug-likeness (QED) is 0.729. The van der Waals surface area contributed by atoms with E-state index < -0.39 is 5.56 Å². The van der Waals surface area contributed by atoms with Crippen LogP contribution in [0.4, 0.5) is 0 Å². The molecule has 0 aliphatic rings. The first-order valence-corrected chi connectivity index (χ1v) is 7.39. The smallest absolute Gasteiger partial charge is 0.259 e. The van der Waals surface area contributed by atoms with Gasteiger partial charge in [-0.2, -0.15) is 0 Å². The molecule has 0 saturated carbocycles. The molecule has 0 spiro atoms. The Balaban J connectivity index is 1.98. The lowest BCUT2D eigenvalue weighted by Gasteiger charge is -2.05. The number of hydrogen-bond acceptors (Lipinski definition) is 2. The molecule has 3 aromatic rings. The van der Waals surface area contributed by atoms with Gasteiger partial charge in [0.15, 0.2) is 5.78 Å². The average molecular weight is 332 g/mol. The van der Waals surface area contributed by atoms with E-state index in [9.17, 15) is 9.59 Å². The number of Topliss-reactive ketones (excluding diaryl/α,β-unsaturated/α-hetero) is 1. The number of carbonyl (C=O) groups is 1. The average Bonchev–Trinajstić information content (AvgIpc) is 2.49. The standard InChI is InChI=1S/C17H11Cl2NO2/c18-12-6-5-10(14(19)9-12)8-16(21)13-7-11-3-1-2-4-15(11)20-17(13)22/h1-7,9H,8H2,(H,20,22). The van der Waals surface area contributed by atoms with Crippen LogP contribution in [0.1, 0.15) is 15.9 Å². The minimum absolute atomic E-state index is 0.0530. The third-order valence-corrected chi connectivity index (χ3v) is 4.01. The van der Waals surface area contributed by atoms with Crippen molar-refractivity contribution in [2.24, 2.45) is 0 Å². The molecular weight excluding hydrogens is 321 g/mol. The second kappa shape index (κ2) is 5.95. The molecule has 2 aromatic carbocycles. The SMILES string of the molecule is O=C(Cc1ccc(Cl)cc1Cl)c1cc2ccccc2[nH]c1=O. The summed E-state index contributed by atoms with van der Waals surface area (Å²) < 4.78 is 0. The van der Waals surface area contributed by atoms with Crippen LogP contribution in [-0.4, -0.2) is 10.8 Å². The first kappa shape index (κ1) is 14.8. The van der Waals surface area contributed by atoms with Gasteiger partial charge in [0.2, 0.25) is 0 Å². The number of H-pyrrole nitrogens is 1. The molecule has 0 aliphatic carbocycles. The molecule has 0 unspecified atom stereocenters. The molecule has 1 aromatic heterocycles. The summed E-state index contributed by atoms with van der Waals surface area (Å²) in [5.74, 6) is -0.281. The van der Waals surface area contributed by atoms with Gasteiger partial charge >= 0.3 is 0 Å². The third-order valence-electron chi connectivity index (χ3n) is 3.42. The van der Waals surface area contributed by atoms with E-state index in [1.165, 1.54) is 0 Å². The van der Waals surface area contributed by atoms with Crippen molar-refractivity contribution in [3.8, 4) is 0 Å². The fourth-order valence-electron chi connectivity index (χ4n) is 2.29. The van der Waals surface area contributed by atoms with Crippen LogP contribution in [0, 0.1) is 0 Å². The maximum atomic E-state index is 12.4. The van der Waals surface area contributed by atoms with Crippen LogP contribution < -0.4 is 5.56 Å². The first-order valence-electron chi connectivity index (χ1n) is 6.64. The molecule has 3 rings (SSSR count). The number of aromatic amines is 1. The van der Waals surface area contributed by atoms with Crippen LogP contribution >= 0.6 is 23.2 Å². The van der Waals surface area contributed by atoms with E-state index >= 15 is 0 Å². The summed E-state index contributed by atoms with van der Waals surface area (Å²) in [5.41, 5.74) is 1.08. The summed E-state index contributed by atoms with van der Waals surface area (Å²) in [4.78, 5) is 27.2. The van der Waals surface area contributed by atoms with Gasteiger partial charge in [-0.3, -0.25) is 9.59 Å². The maximum absolute atomic E-state index is 12.4. The lowest BCUT2D eigenvalue weighted by molar-refractivity contribution is 0.0991. The normalized spacial score (nSPS) is 10.8. The van der Waals surface area contributed by atoms with Crippen molar-refractivity contribution in [1.82, 2.24) is 4.98 Å². The fourth-order valence-corrected chi connectivity index (χ4v) is 2.76. The highest BCUT2D eigenvalue weighted by Gasteiger charge is 2.14. The molecule has 0 fully saturated rings. The molecular formula is C17H11Cl2NO2. The Morgan fingerprint density at radius 2 is 1.82 bits per heavy atom. The number of carbonyl (C=O) groups excluding carboxylic acids is 1. The Hall–Kier alpha value is -2.10. The summed E-state index contributed by atoms with van der Waals surface area (Å²) in [6.45, 7) is 0. The zero-order valence-corrected chi connectivity index (χ0v) is 12.9. The molecule has 0 atom stereocenters. The summed E-state index contributed by atoms with van der Waals surface area (Å²) in [7, 11) is 0. The Bertz CT molecular complexity index is 931. The minimum Gasteiger partial charge on any atom is -0.321 e. The van der Waals surface area contributed by atoms with Crippen molar-refractivity contribution >= 4 is 39.9 Å². The van der Waals surface area contributed by atoms with Gasteiger partial charge in [-0.05, 0) is 35.2 Å². The Labute approximate surface area is 136 Å². The van der Waals surface area contributed by atoms with Gasteiger partial charge in [0.1, 0.15) is 0 Å². The number of ketones is 1. The van der Waals surface area contributed by atoms with Crippen LogP contribution in [-0.2, 0) is 6.42 Å². The zero-order chi connectivity index (χ0) is 15.7. The number of hydrogen-bond donors (Lipinski definition) is 1. The van der Waals surface area contributed by atoms with Crippen molar-refractivity contribution in [3.05, 3.63) is 80.1 Å². The van der Waals surface area contributed by atoms with Gasteiger partial charge in [0, 0.05) is 22.0 Å². The van der Waals surface area contributed by atoms with Crippen LogP contribution in [0.25, 0.3) is 10.9 Å². The van der Waals surface area contributed by atoms with Crippen LogP contribution in [0.3, 0.4) is 0 Å². The molecule has 0 saturated heterocycles. The summed E-state index contributed by atoms with van der Waals surface area (Å²) >= 11 is 11.9. The van der Waals surface area contributed by atoms with Gasteiger partial charge in [-0.15, -0.1) is 0 Å². The highest BCUT2D eigenvalue weighted by Crippen LogP contribution is 2.22. The number of halogens is 2. The van der Waals surface area contributed by atoms with E-state index in [-0.39, 0.29) is 17.8 Å². The van der Waals surface area contributed by atoms with Gasteiger partial charge in [-0.25, -0.2) is 0 Å². The highest BCUT2D eigenvalue weighted by molar-refractivity contribution is 6.35. The largest absolute Gasteiger partial charge is 0.321 e. The third kappa shape index (κ3) is 2.91. The predicted molar refractivity (Wildman–Crippen MR) is 89.1 cm³/mol. The molecule has 3 nitrogen and oxygen atoms in total. The summed E-state index contributed by atoms with van der Waals surface area (Å²) in [6.07, 6.45) is 0.0530.